The third-order valence-corrected chi connectivity index (χ3v) is 2.99. The Bertz CT molecular complexity index is 703. The molecule has 0 radical (unpaired) electrons. The SMILES string of the molecule is COC(=O)c1ccccc1NC(=O)c1cc(Cl)ccc1F. The smallest absolute Gasteiger partial charge is 0.339 e. The average Bonchev–Trinajstić information content (AvgIpc) is 2.49. The minimum atomic E-state index is -0.702. The molecule has 0 heterocycles. The molecule has 0 aliphatic heterocycles. The molecule has 21 heavy (non-hydrogen) atoms. The lowest BCUT2D eigenvalue weighted by Crippen LogP contribution is -2.16. The molecule has 0 aromatic heterocycles. The average molecular weight is 308 g/mol. The van der Waals surface area contributed by atoms with Crippen LogP contribution >= 0.6 is 11.6 Å². The van der Waals surface area contributed by atoms with Crippen molar-refractivity contribution in [2.45, 2.75) is 0 Å². The first-order valence-corrected chi connectivity index (χ1v) is 6.34. The number of halogens is 2. The van der Waals surface area contributed by atoms with Crippen LogP contribution in [0.1, 0.15) is 20.7 Å². The fraction of sp³-hybridized carbons (Fsp3) is 0.0667. The summed E-state index contributed by atoms with van der Waals surface area (Å²) in [7, 11) is 1.23. The number of nitrogens with one attached hydrogen (secondary N) is 1. The summed E-state index contributed by atoms with van der Waals surface area (Å²) in [5.41, 5.74) is 0.201. The summed E-state index contributed by atoms with van der Waals surface area (Å²) in [4.78, 5) is 23.7. The van der Waals surface area contributed by atoms with Crippen LogP contribution in [0.2, 0.25) is 5.02 Å². The number of carbonyl (C=O) groups excluding carboxylic acids is 2. The molecule has 1 amide bonds. The number of amides is 1. The predicted octanol–water partition coefficient (Wildman–Crippen LogP) is 3.52. The number of benzene rings is 2. The van der Waals surface area contributed by atoms with Crippen LogP contribution in [0.3, 0.4) is 0 Å². The van der Waals surface area contributed by atoms with Crippen molar-refractivity contribution in [3.05, 3.63) is 64.4 Å². The van der Waals surface area contributed by atoms with Gasteiger partial charge in [-0.3, -0.25) is 4.79 Å². The van der Waals surface area contributed by atoms with Crippen molar-refractivity contribution < 1.29 is 18.7 Å². The van der Waals surface area contributed by atoms with Crippen molar-refractivity contribution in [3.8, 4) is 0 Å². The van der Waals surface area contributed by atoms with Crippen molar-refractivity contribution in [1.29, 1.82) is 0 Å². The zero-order valence-electron chi connectivity index (χ0n) is 11.0. The van der Waals surface area contributed by atoms with Gasteiger partial charge in [0.2, 0.25) is 0 Å². The molecule has 0 aliphatic carbocycles. The number of para-hydroxylation sites is 1. The van der Waals surface area contributed by atoms with Gasteiger partial charge >= 0.3 is 5.97 Å². The van der Waals surface area contributed by atoms with Crippen LogP contribution in [0, 0.1) is 5.82 Å². The van der Waals surface area contributed by atoms with E-state index in [0.29, 0.717) is 0 Å². The number of ether oxygens (including phenoxy) is 1. The second-order valence-electron chi connectivity index (χ2n) is 4.12. The van der Waals surface area contributed by atoms with Gasteiger partial charge in [0.05, 0.1) is 23.9 Å². The van der Waals surface area contributed by atoms with Gasteiger partial charge in [-0.25, -0.2) is 9.18 Å². The lowest BCUT2D eigenvalue weighted by atomic mass is 10.1. The van der Waals surface area contributed by atoms with Gasteiger partial charge in [0.25, 0.3) is 5.91 Å². The Labute approximate surface area is 125 Å². The van der Waals surface area contributed by atoms with Crippen LogP contribution in [0.25, 0.3) is 0 Å². The molecular formula is C15H11ClFNO3. The first kappa shape index (κ1) is 15.0. The van der Waals surface area contributed by atoms with Crippen molar-refractivity contribution in [2.24, 2.45) is 0 Å². The highest BCUT2D eigenvalue weighted by Gasteiger charge is 2.16. The van der Waals surface area contributed by atoms with Crippen molar-refractivity contribution in [2.75, 3.05) is 12.4 Å². The third-order valence-electron chi connectivity index (χ3n) is 2.75. The van der Waals surface area contributed by atoms with Crippen LogP contribution in [0.5, 0.6) is 0 Å². The Morgan fingerprint density at radius 1 is 1.14 bits per heavy atom. The van der Waals surface area contributed by atoms with E-state index in [4.69, 9.17) is 11.6 Å². The van der Waals surface area contributed by atoms with Crippen molar-refractivity contribution in [1.82, 2.24) is 0 Å². The second-order valence-corrected chi connectivity index (χ2v) is 4.55. The van der Waals surface area contributed by atoms with E-state index >= 15 is 0 Å². The highest BCUT2D eigenvalue weighted by Crippen LogP contribution is 2.20. The van der Waals surface area contributed by atoms with E-state index < -0.39 is 17.7 Å². The van der Waals surface area contributed by atoms with E-state index in [0.717, 1.165) is 6.07 Å². The monoisotopic (exact) mass is 307 g/mol. The van der Waals surface area contributed by atoms with Crippen LogP contribution in [0.15, 0.2) is 42.5 Å². The topological polar surface area (TPSA) is 55.4 Å². The summed E-state index contributed by atoms with van der Waals surface area (Å²) in [5, 5.41) is 2.71. The molecule has 0 spiro atoms. The molecule has 6 heteroatoms. The molecule has 0 saturated carbocycles. The highest BCUT2D eigenvalue weighted by atomic mass is 35.5. The van der Waals surface area contributed by atoms with Gasteiger partial charge in [0.1, 0.15) is 5.82 Å². The highest BCUT2D eigenvalue weighted by molar-refractivity contribution is 6.31. The Kier molecular flexibility index (Phi) is 4.55. The first-order chi connectivity index (χ1) is 10.0. The van der Waals surface area contributed by atoms with Crippen LogP contribution in [-0.4, -0.2) is 19.0 Å². The van der Waals surface area contributed by atoms with Gasteiger partial charge in [0.15, 0.2) is 0 Å². The maximum Gasteiger partial charge on any atom is 0.339 e. The number of hydrogen-bond donors (Lipinski definition) is 1. The summed E-state index contributed by atoms with van der Waals surface area (Å²) in [6, 6.07) is 9.94. The standard InChI is InChI=1S/C15H11ClFNO3/c1-21-15(20)10-4-2-3-5-13(10)18-14(19)11-8-9(16)6-7-12(11)17/h2-8H,1H3,(H,18,19). The van der Waals surface area contributed by atoms with Gasteiger partial charge in [0, 0.05) is 5.02 Å². The number of rotatable bonds is 3. The quantitative estimate of drug-likeness (QED) is 0.883. The minimum absolute atomic E-state index is 0.177. The maximum atomic E-state index is 13.6. The molecule has 2 rings (SSSR count). The van der Waals surface area contributed by atoms with E-state index in [9.17, 15) is 14.0 Å². The summed E-state index contributed by atoms with van der Waals surface area (Å²) in [6.07, 6.45) is 0. The second kappa shape index (κ2) is 6.37. The van der Waals surface area contributed by atoms with Gasteiger partial charge < -0.3 is 10.1 Å². The molecule has 0 bridgehead atoms. The summed E-state index contributed by atoms with van der Waals surface area (Å²) < 4.78 is 18.3. The minimum Gasteiger partial charge on any atom is -0.465 e. The van der Waals surface area contributed by atoms with Gasteiger partial charge in [-0.05, 0) is 30.3 Å². The lowest BCUT2D eigenvalue weighted by molar-refractivity contribution is 0.0602. The third kappa shape index (κ3) is 3.38. The molecule has 0 fully saturated rings. The molecule has 108 valence electrons. The number of hydrogen-bond acceptors (Lipinski definition) is 3. The Balaban J connectivity index is 2.32. The summed E-state index contributed by atoms with van der Waals surface area (Å²) in [5.74, 6) is -2.00. The molecule has 4 nitrogen and oxygen atoms in total. The molecule has 2 aromatic carbocycles. The summed E-state index contributed by atoms with van der Waals surface area (Å²) in [6.45, 7) is 0. The number of carbonyl (C=O) groups is 2. The van der Waals surface area contributed by atoms with Crippen LogP contribution in [0.4, 0.5) is 10.1 Å². The Hall–Kier alpha value is -2.40. The van der Waals surface area contributed by atoms with Gasteiger partial charge in [-0.2, -0.15) is 0 Å². The first-order valence-electron chi connectivity index (χ1n) is 5.96. The van der Waals surface area contributed by atoms with Crippen molar-refractivity contribution >= 4 is 29.2 Å². The number of esters is 1. The summed E-state index contributed by atoms with van der Waals surface area (Å²) >= 11 is 5.75. The largest absolute Gasteiger partial charge is 0.465 e. The molecule has 0 saturated heterocycles. The van der Waals surface area contributed by atoms with E-state index in [1.54, 1.807) is 12.1 Å². The molecule has 1 N–H and O–H groups in total. The molecule has 0 unspecified atom stereocenters. The number of anilines is 1. The van der Waals surface area contributed by atoms with Crippen LogP contribution in [-0.2, 0) is 4.74 Å². The van der Waals surface area contributed by atoms with E-state index in [1.807, 2.05) is 0 Å². The number of methoxy groups -OCH3 is 1. The molecule has 2 aromatic rings. The van der Waals surface area contributed by atoms with Gasteiger partial charge in [-0.1, -0.05) is 23.7 Å². The van der Waals surface area contributed by atoms with Gasteiger partial charge in [-0.15, -0.1) is 0 Å². The molecule has 0 aliphatic rings. The van der Waals surface area contributed by atoms with E-state index in [2.05, 4.69) is 10.1 Å². The van der Waals surface area contributed by atoms with Crippen molar-refractivity contribution in [3.63, 3.8) is 0 Å². The fourth-order valence-electron chi connectivity index (χ4n) is 1.74. The van der Waals surface area contributed by atoms with Crippen LogP contribution < -0.4 is 5.32 Å². The Morgan fingerprint density at radius 2 is 1.86 bits per heavy atom. The Morgan fingerprint density at radius 3 is 2.57 bits per heavy atom. The molecule has 0 atom stereocenters. The molecular weight excluding hydrogens is 297 g/mol. The zero-order chi connectivity index (χ0) is 15.4. The predicted molar refractivity (Wildman–Crippen MR) is 77.1 cm³/mol. The zero-order valence-corrected chi connectivity index (χ0v) is 11.8. The van der Waals surface area contributed by atoms with E-state index in [1.165, 1.54) is 31.4 Å². The maximum absolute atomic E-state index is 13.6. The van der Waals surface area contributed by atoms with E-state index in [-0.39, 0.29) is 21.8 Å². The fourth-order valence-corrected chi connectivity index (χ4v) is 1.91. The normalized spacial score (nSPS) is 10.0. The lowest BCUT2D eigenvalue weighted by Gasteiger charge is -2.10.